The van der Waals surface area contributed by atoms with Gasteiger partial charge in [0, 0.05) is 19.1 Å². The summed E-state index contributed by atoms with van der Waals surface area (Å²) in [6.07, 6.45) is 3.58. The molecule has 2 amide bonds. The Hall–Kier alpha value is -0.730. The predicted octanol–water partition coefficient (Wildman–Crippen LogP) is 2.23. The van der Waals surface area contributed by atoms with E-state index in [1.807, 2.05) is 4.90 Å². The Morgan fingerprint density at radius 3 is 2.21 bits per heavy atom. The molecule has 0 spiro atoms. The first-order valence-electron chi connectivity index (χ1n) is 5.66. The van der Waals surface area contributed by atoms with Crippen LogP contribution in [0.15, 0.2) is 0 Å². The van der Waals surface area contributed by atoms with Crippen molar-refractivity contribution in [3.05, 3.63) is 0 Å². The lowest BCUT2D eigenvalue weighted by atomic mass is 10.1. The Labute approximate surface area is 86.9 Å². The van der Waals surface area contributed by atoms with Crippen molar-refractivity contribution in [1.29, 1.82) is 0 Å². The number of nitrogens with one attached hydrogen (secondary N) is 1. The predicted molar refractivity (Wildman–Crippen MR) is 58.3 cm³/mol. The van der Waals surface area contributed by atoms with E-state index in [1.54, 1.807) is 0 Å². The number of piperidine rings is 1. The van der Waals surface area contributed by atoms with Crippen molar-refractivity contribution >= 4 is 6.03 Å². The molecule has 1 fully saturated rings. The highest BCUT2D eigenvalue weighted by molar-refractivity contribution is 5.74. The van der Waals surface area contributed by atoms with Gasteiger partial charge in [-0.25, -0.2) is 4.79 Å². The van der Waals surface area contributed by atoms with E-state index in [4.69, 9.17) is 0 Å². The second-order valence-corrected chi connectivity index (χ2v) is 4.53. The summed E-state index contributed by atoms with van der Waals surface area (Å²) < 4.78 is 0. The van der Waals surface area contributed by atoms with Crippen molar-refractivity contribution in [2.45, 2.75) is 46.1 Å². The second-order valence-electron chi connectivity index (χ2n) is 4.53. The van der Waals surface area contributed by atoms with Crippen LogP contribution in [-0.4, -0.2) is 30.1 Å². The van der Waals surface area contributed by atoms with E-state index < -0.39 is 0 Å². The minimum Gasteiger partial charge on any atom is -0.335 e. The highest BCUT2D eigenvalue weighted by Crippen LogP contribution is 2.09. The van der Waals surface area contributed by atoms with Crippen LogP contribution in [0.4, 0.5) is 4.79 Å². The summed E-state index contributed by atoms with van der Waals surface area (Å²) in [6, 6.07) is 0.385. The molecule has 0 radical (unpaired) electrons. The molecule has 1 unspecified atom stereocenters. The molecule has 1 heterocycles. The zero-order valence-corrected chi connectivity index (χ0v) is 9.55. The number of amides is 2. The van der Waals surface area contributed by atoms with Gasteiger partial charge in [0.05, 0.1) is 0 Å². The topological polar surface area (TPSA) is 32.3 Å². The molecule has 3 nitrogen and oxygen atoms in total. The third-order valence-electron chi connectivity index (χ3n) is 2.99. The van der Waals surface area contributed by atoms with E-state index in [1.165, 1.54) is 6.42 Å². The van der Waals surface area contributed by atoms with Gasteiger partial charge in [0.2, 0.25) is 0 Å². The Morgan fingerprint density at radius 2 is 1.71 bits per heavy atom. The highest BCUT2D eigenvalue weighted by atomic mass is 16.2. The van der Waals surface area contributed by atoms with E-state index in [0.29, 0.717) is 5.92 Å². The summed E-state index contributed by atoms with van der Waals surface area (Å²) in [5, 5.41) is 3.04. The molecule has 1 N–H and O–H groups in total. The number of hydrogen-bond acceptors (Lipinski definition) is 1. The van der Waals surface area contributed by atoms with E-state index >= 15 is 0 Å². The van der Waals surface area contributed by atoms with Crippen LogP contribution in [0, 0.1) is 5.92 Å². The minimum atomic E-state index is 0.117. The smallest absolute Gasteiger partial charge is 0.317 e. The molecule has 0 aromatic heterocycles. The summed E-state index contributed by atoms with van der Waals surface area (Å²) in [7, 11) is 0. The van der Waals surface area contributed by atoms with E-state index in [2.05, 4.69) is 26.1 Å². The van der Waals surface area contributed by atoms with Gasteiger partial charge >= 0.3 is 6.03 Å². The maximum absolute atomic E-state index is 11.7. The van der Waals surface area contributed by atoms with Crippen molar-refractivity contribution in [2.75, 3.05) is 13.1 Å². The van der Waals surface area contributed by atoms with Crippen LogP contribution in [0.3, 0.4) is 0 Å². The van der Waals surface area contributed by atoms with Gasteiger partial charge in [-0.3, -0.25) is 0 Å². The largest absolute Gasteiger partial charge is 0.335 e. The number of likely N-dealkylation sites (tertiary alicyclic amines) is 1. The monoisotopic (exact) mass is 198 g/mol. The average molecular weight is 198 g/mol. The maximum Gasteiger partial charge on any atom is 0.317 e. The molecule has 1 aliphatic rings. The van der Waals surface area contributed by atoms with Crippen LogP contribution in [-0.2, 0) is 0 Å². The molecular formula is C11H22N2O. The SMILES string of the molecule is CC(C)C(C)NC(=O)N1CCCCC1. The first-order chi connectivity index (χ1) is 6.61. The lowest BCUT2D eigenvalue weighted by Crippen LogP contribution is -2.47. The first-order valence-corrected chi connectivity index (χ1v) is 5.66. The molecule has 1 saturated heterocycles. The first kappa shape index (κ1) is 11.3. The molecule has 1 aliphatic heterocycles. The average Bonchev–Trinajstić information content (AvgIpc) is 2.19. The number of rotatable bonds is 2. The second kappa shape index (κ2) is 5.23. The van der Waals surface area contributed by atoms with Gasteiger partial charge in [0.15, 0.2) is 0 Å². The Morgan fingerprint density at radius 1 is 1.14 bits per heavy atom. The molecule has 0 aromatic rings. The van der Waals surface area contributed by atoms with Crippen molar-refractivity contribution in [3.8, 4) is 0 Å². The fourth-order valence-corrected chi connectivity index (χ4v) is 1.55. The summed E-state index contributed by atoms with van der Waals surface area (Å²) in [4.78, 5) is 13.7. The molecule has 14 heavy (non-hydrogen) atoms. The molecule has 0 aromatic carbocycles. The third-order valence-corrected chi connectivity index (χ3v) is 2.99. The van der Waals surface area contributed by atoms with E-state index in [0.717, 1.165) is 25.9 Å². The van der Waals surface area contributed by atoms with Crippen molar-refractivity contribution in [1.82, 2.24) is 10.2 Å². The van der Waals surface area contributed by atoms with Crippen LogP contribution >= 0.6 is 0 Å². The summed E-state index contributed by atoms with van der Waals surface area (Å²) in [6.45, 7) is 8.17. The van der Waals surface area contributed by atoms with Crippen molar-refractivity contribution in [2.24, 2.45) is 5.92 Å². The van der Waals surface area contributed by atoms with Crippen LogP contribution in [0.25, 0.3) is 0 Å². The summed E-state index contributed by atoms with van der Waals surface area (Å²) >= 11 is 0. The Kier molecular flexibility index (Phi) is 4.23. The zero-order valence-electron chi connectivity index (χ0n) is 9.55. The normalized spacial score (nSPS) is 19.6. The quantitative estimate of drug-likeness (QED) is 0.725. The van der Waals surface area contributed by atoms with Gasteiger partial charge in [-0.15, -0.1) is 0 Å². The van der Waals surface area contributed by atoms with Crippen LogP contribution in [0.5, 0.6) is 0 Å². The molecule has 1 rings (SSSR count). The number of urea groups is 1. The van der Waals surface area contributed by atoms with Gasteiger partial charge in [0.1, 0.15) is 0 Å². The van der Waals surface area contributed by atoms with Crippen LogP contribution in [0.1, 0.15) is 40.0 Å². The van der Waals surface area contributed by atoms with Gasteiger partial charge < -0.3 is 10.2 Å². The molecule has 3 heteroatoms. The number of carbonyl (C=O) groups excluding carboxylic acids is 1. The maximum atomic E-state index is 11.7. The van der Waals surface area contributed by atoms with Crippen molar-refractivity contribution < 1.29 is 4.79 Å². The van der Waals surface area contributed by atoms with Gasteiger partial charge in [-0.2, -0.15) is 0 Å². The minimum absolute atomic E-state index is 0.117. The number of nitrogens with zero attached hydrogens (tertiary/aromatic N) is 1. The highest BCUT2D eigenvalue weighted by Gasteiger charge is 2.18. The molecular weight excluding hydrogens is 176 g/mol. The van der Waals surface area contributed by atoms with Gasteiger partial charge in [-0.1, -0.05) is 13.8 Å². The summed E-state index contributed by atoms with van der Waals surface area (Å²) in [5.74, 6) is 0.503. The van der Waals surface area contributed by atoms with Crippen molar-refractivity contribution in [3.63, 3.8) is 0 Å². The van der Waals surface area contributed by atoms with Gasteiger partial charge in [0.25, 0.3) is 0 Å². The summed E-state index contributed by atoms with van der Waals surface area (Å²) in [5.41, 5.74) is 0. The van der Waals surface area contributed by atoms with Crippen LogP contribution < -0.4 is 5.32 Å². The molecule has 1 atom stereocenters. The zero-order chi connectivity index (χ0) is 10.6. The Balaban J connectivity index is 2.33. The lowest BCUT2D eigenvalue weighted by molar-refractivity contribution is 0.180. The molecule has 0 bridgehead atoms. The third kappa shape index (κ3) is 3.20. The Bertz CT molecular complexity index is 186. The fraction of sp³-hybridized carbons (Fsp3) is 0.909. The lowest BCUT2D eigenvalue weighted by Gasteiger charge is -2.29. The van der Waals surface area contributed by atoms with E-state index in [-0.39, 0.29) is 12.1 Å². The van der Waals surface area contributed by atoms with Crippen LogP contribution in [0.2, 0.25) is 0 Å². The number of hydrogen-bond donors (Lipinski definition) is 1. The number of carbonyl (C=O) groups is 1. The molecule has 0 aliphatic carbocycles. The molecule has 0 saturated carbocycles. The van der Waals surface area contributed by atoms with Gasteiger partial charge in [-0.05, 0) is 32.1 Å². The molecule has 82 valence electrons. The fourth-order valence-electron chi connectivity index (χ4n) is 1.55. The van der Waals surface area contributed by atoms with E-state index in [9.17, 15) is 4.79 Å². The standard InChI is InChI=1S/C11H22N2O/c1-9(2)10(3)12-11(14)13-7-5-4-6-8-13/h9-10H,4-8H2,1-3H3,(H,12,14).